The van der Waals surface area contributed by atoms with Crippen molar-refractivity contribution in [2.75, 3.05) is 46.6 Å². The van der Waals surface area contributed by atoms with Crippen LogP contribution in [0, 0.1) is 0 Å². The first kappa shape index (κ1) is 18.6. The zero-order valence-electron chi connectivity index (χ0n) is 12.9. The molecule has 120 valence electrons. The van der Waals surface area contributed by atoms with Gasteiger partial charge in [-0.25, -0.2) is 0 Å². The van der Waals surface area contributed by atoms with E-state index in [9.17, 15) is 0 Å². The number of ether oxygens (including phenoxy) is 3. The second-order valence-electron chi connectivity index (χ2n) is 4.69. The van der Waals surface area contributed by atoms with Gasteiger partial charge in [-0.05, 0) is 24.6 Å². The first-order chi connectivity index (χ1) is 10.3. The number of hydrogen-bond acceptors (Lipinski definition) is 4. The van der Waals surface area contributed by atoms with Gasteiger partial charge in [-0.3, -0.25) is 0 Å². The molecule has 0 bridgehead atoms. The lowest BCUT2D eigenvalue weighted by atomic mass is 10.1. The van der Waals surface area contributed by atoms with E-state index in [1.165, 1.54) is 0 Å². The Balaban J connectivity index is 2.43. The molecule has 0 aromatic heterocycles. The lowest BCUT2D eigenvalue weighted by molar-refractivity contribution is -0.00702. The summed E-state index contributed by atoms with van der Waals surface area (Å²) in [6.45, 7) is 6.33. The number of nitrogens with one attached hydrogen (secondary N) is 1. The first-order valence-electron chi connectivity index (χ1n) is 7.43. The van der Waals surface area contributed by atoms with Crippen LogP contribution in [-0.2, 0) is 14.2 Å². The van der Waals surface area contributed by atoms with Crippen LogP contribution in [0.3, 0.4) is 0 Å². The zero-order valence-corrected chi connectivity index (χ0v) is 14.5. The van der Waals surface area contributed by atoms with E-state index in [1.54, 1.807) is 7.11 Å². The van der Waals surface area contributed by atoms with Gasteiger partial charge in [0.1, 0.15) is 0 Å². The third kappa shape index (κ3) is 7.93. The van der Waals surface area contributed by atoms with Crippen molar-refractivity contribution in [3.8, 4) is 0 Å². The van der Waals surface area contributed by atoms with E-state index in [0.717, 1.165) is 29.5 Å². The van der Waals surface area contributed by atoms with Crippen molar-refractivity contribution in [1.82, 2.24) is 5.32 Å². The van der Waals surface area contributed by atoms with Crippen LogP contribution < -0.4 is 5.32 Å². The summed E-state index contributed by atoms with van der Waals surface area (Å²) in [5.74, 6) is 0. The van der Waals surface area contributed by atoms with Gasteiger partial charge in [-0.15, -0.1) is 0 Å². The van der Waals surface area contributed by atoms with E-state index in [0.29, 0.717) is 26.4 Å². The molecule has 0 amide bonds. The molecule has 1 rings (SSSR count). The maximum atomic E-state index is 5.98. The third-order valence-electron chi connectivity index (χ3n) is 2.99. The summed E-state index contributed by atoms with van der Waals surface area (Å²) in [7, 11) is 1.67. The number of rotatable bonds is 12. The van der Waals surface area contributed by atoms with E-state index >= 15 is 0 Å². The van der Waals surface area contributed by atoms with E-state index in [1.807, 2.05) is 18.2 Å². The highest BCUT2D eigenvalue weighted by molar-refractivity contribution is 9.10. The van der Waals surface area contributed by atoms with Crippen molar-refractivity contribution >= 4 is 15.9 Å². The summed E-state index contributed by atoms with van der Waals surface area (Å²) in [6.07, 6.45) is 1.14. The number of halogens is 1. The maximum absolute atomic E-state index is 5.98. The average Bonchev–Trinajstić information content (AvgIpc) is 2.50. The van der Waals surface area contributed by atoms with Gasteiger partial charge in [0.2, 0.25) is 0 Å². The Hall–Kier alpha value is -0.460. The molecule has 0 aliphatic rings. The van der Waals surface area contributed by atoms with Gasteiger partial charge < -0.3 is 19.5 Å². The molecule has 0 fully saturated rings. The molecule has 1 aromatic rings. The molecule has 4 nitrogen and oxygen atoms in total. The van der Waals surface area contributed by atoms with Gasteiger partial charge >= 0.3 is 0 Å². The van der Waals surface area contributed by atoms with Crippen molar-refractivity contribution < 1.29 is 14.2 Å². The Morgan fingerprint density at radius 1 is 1.14 bits per heavy atom. The largest absolute Gasteiger partial charge is 0.382 e. The molecule has 5 heteroatoms. The molecule has 1 N–H and O–H groups in total. The summed E-state index contributed by atoms with van der Waals surface area (Å²) in [4.78, 5) is 0. The monoisotopic (exact) mass is 359 g/mol. The fraction of sp³-hybridized carbons (Fsp3) is 0.625. The number of benzene rings is 1. The molecule has 1 unspecified atom stereocenters. The number of methoxy groups -OCH3 is 1. The normalized spacial score (nSPS) is 12.5. The van der Waals surface area contributed by atoms with Gasteiger partial charge in [0.25, 0.3) is 0 Å². The summed E-state index contributed by atoms with van der Waals surface area (Å²) in [5, 5.41) is 3.42. The van der Waals surface area contributed by atoms with Gasteiger partial charge in [-0.2, -0.15) is 0 Å². The molecule has 0 spiro atoms. The fourth-order valence-electron chi connectivity index (χ4n) is 1.90. The van der Waals surface area contributed by atoms with Crippen molar-refractivity contribution in [3.05, 3.63) is 34.3 Å². The third-order valence-corrected chi connectivity index (χ3v) is 3.71. The van der Waals surface area contributed by atoms with E-state index in [4.69, 9.17) is 14.2 Å². The minimum absolute atomic E-state index is 0.0261. The summed E-state index contributed by atoms with van der Waals surface area (Å²) in [6, 6.07) is 8.18. The number of hydrogen-bond donors (Lipinski definition) is 1. The molecule has 0 radical (unpaired) electrons. The van der Waals surface area contributed by atoms with Crippen molar-refractivity contribution in [3.63, 3.8) is 0 Å². The maximum Gasteiger partial charge on any atom is 0.0961 e. The Morgan fingerprint density at radius 2 is 1.90 bits per heavy atom. The minimum Gasteiger partial charge on any atom is -0.382 e. The van der Waals surface area contributed by atoms with Crippen LogP contribution in [0.1, 0.15) is 25.0 Å². The molecule has 21 heavy (non-hydrogen) atoms. The van der Waals surface area contributed by atoms with Crippen LogP contribution in [0.4, 0.5) is 0 Å². The molecule has 0 saturated carbocycles. The average molecular weight is 360 g/mol. The smallest absolute Gasteiger partial charge is 0.0961 e. The predicted molar refractivity (Wildman–Crippen MR) is 88.7 cm³/mol. The Labute approximate surface area is 136 Å². The molecule has 0 aliphatic carbocycles. The van der Waals surface area contributed by atoms with Gasteiger partial charge in [0.15, 0.2) is 0 Å². The van der Waals surface area contributed by atoms with Crippen LogP contribution in [0.25, 0.3) is 0 Å². The standard InChI is InChI=1S/C16H26BrNO3/c1-3-8-18-13-16(14-6-4-5-7-15(14)17)21-12-11-20-10-9-19-2/h4-7,16,18H,3,8-13H2,1-2H3. The molecule has 1 aromatic carbocycles. The van der Waals surface area contributed by atoms with Gasteiger partial charge in [-0.1, -0.05) is 41.1 Å². The molecule has 0 heterocycles. The Morgan fingerprint density at radius 3 is 2.62 bits per heavy atom. The highest BCUT2D eigenvalue weighted by atomic mass is 79.9. The highest BCUT2D eigenvalue weighted by Gasteiger charge is 2.14. The molecule has 0 aliphatic heterocycles. The first-order valence-corrected chi connectivity index (χ1v) is 8.22. The molecular formula is C16H26BrNO3. The van der Waals surface area contributed by atoms with Crippen LogP contribution >= 0.6 is 15.9 Å². The molecule has 0 saturated heterocycles. The minimum atomic E-state index is 0.0261. The lowest BCUT2D eigenvalue weighted by Crippen LogP contribution is -2.25. The van der Waals surface area contributed by atoms with Crippen LogP contribution in [0.15, 0.2) is 28.7 Å². The summed E-state index contributed by atoms with van der Waals surface area (Å²) >= 11 is 3.59. The highest BCUT2D eigenvalue weighted by Crippen LogP contribution is 2.25. The topological polar surface area (TPSA) is 39.7 Å². The summed E-state index contributed by atoms with van der Waals surface area (Å²) < 4.78 is 17.4. The van der Waals surface area contributed by atoms with Crippen molar-refractivity contribution in [2.24, 2.45) is 0 Å². The fourth-order valence-corrected chi connectivity index (χ4v) is 2.44. The van der Waals surface area contributed by atoms with E-state index in [2.05, 4.69) is 34.2 Å². The Kier molecular flexibility index (Phi) is 10.7. The second kappa shape index (κ2) is 12.1. The summed E-state index contributed by atoms with van der Waals surface area (Å²) in [5.41, 5.74) is 1.16. The van der Waals surface area contributed by atoms with E-state index in [-0.39, 0.29) is 6.10 Å². The SMILES string of the molecule is CCCNCC(OCCOCCOC)c1ccccc1Br. The molecular weight excluding hydrogens is 334 g/mol. The van der Waals surface area contributed by atoms with Gasteiger partial charge in [0.05, 0.1) is 32.5 Å². The lowest BCUT2D eigenvalue weighted by Gasteiger charge is -2.20. The van der Waals surface area contributed by atoms with Crippen LogP contribution in [0.5, 0.6) is 0 Å². The van der Waals surface area contributed by atoms with Crippen LogP contribution in [-0.4, -0.2) is 46.6 Å². The van der Waals surface area contributed by atoms with Gasteiger partial charge in [0, 0.05) is 18.1 Å². The van der Waals surface area contributed by atoms with E-state index < -0.39 is 0 Å². The Bertz CT molecular complexity index is 376. The second-order valence-corrected chi connectivity index (χ2v) is 5.54. The van der Waals surface area contributed by atoms with Crippen LogP contribution in [0.2, 0.25) is 0 Å². The predicted octanol–water partition coefficient (Wildman–Crippen LogP) is 3.17. The van der Waals surface area contributed by atoms with Crippen molar-refractivity contribution in [2.45, 2.75) is 19.4 Å². The molecule has 1 atom stereocenters. The van der Waals surface area contributed by atoms with Crippen molar-refractivity contribution in [1.29, 1.82) is 0 Å². The quantitative estimate of drug-likeness (QED) is 0.582. The zero-order chi connectivity index (χ0) is 15.3.